The van der Waals surface area contributed by atoms with E-state index in [1.807, 2.05) is 12.2 Å². The van der Waals surface area contributed by atoms with Crippen LogP contribution in [0.5, 0.6) is 0 Å². The van der Waals surface area contributed by atoms with Gasteiger partial charge in [-0.3, -0.25) is 4.79 Å². The molecule has 0 saturated carbocycles. The summed E-state index contributed by atoms with van der Waals surface area (Å²) in [5, 5.41) is 1.38. The van der Waals surface area contributed by atoms with Crippen molar-refractivity contribution in [2.24, 2.45) is 0 Å². The number of sulfone groups is 2. The van der Waals surface area contributed by atoms with Crippen LogP contribution in [-0.2, 0) is 24.5 Å². The molecule has 5 nitrogen and oxygen atoms in total. The highest BCUT2D eigenvalue weighted by atomic mass is 32.2. The number of benzene rings is 2. The predicted octanol–water partition coefficient (Wildman–Crippen LogP) is 3.59. The minimum Gasteiger partial charge on any atom is -0.298 e. The third-order valence-electron chi connectivity index (χ3n) is 6.96. The molecule has 2 heterocycles. The molecule has 0 aromatic heterocycles. The Morgan fingerprint density at radius 1 is 0.667 bits per heavy atom. The van der Waals surface area contributed by atoms with E-state index < -0.39 is 31.5 Å². The first-order valence-electron chi connectivity index (χ1n) is 9.78. The Morgan fingerprint density at radius 3 is 1.60 bits per heavy atom. The summed E-state index contributed by atoms with van der Waals surface area (Å²) in [6.07, 6.45) is 7.94. The number of rotatable bonds is 0. The highest BCUT2D eigenvalue weighted by Crippen LogP contribution is 2.59. The first kappa shape index (κ1) is 17.0. The van der Waals surface area contributed by atoms with E-state index in [1.54, 1.807) is 36.4 Å². The SMILES string of the molecule is O=C1C2C3=CCC=C3S(=O)(=O)c3ccc4ccc5c(c4c32)C1C1=CCC=C1S5(=O)=O. The molecule has 2 aromatic rings. The van der Waals surface area contributed by atoms with Gasteiger partial charge in [-0.1, -0.05) is 36.4 Å². The quantitative estimate of drug-likeness (QED) is 0.633. The fraction of sp³-hybridized carbons (Fsp3) is 0.174. The molecule has 0 fully saturated rings. The largest absolute Gasteiger partial charge is 0.298 e. The molecule has 0 radical (unpaired) electrons. The molecule has 2 atom stereocenters. The highest BCUT2D eigenvalue weighted by Gasteiger charge is 2.53. The molecule has 3 aliphatic carbocycles. The number of carbonyl (C=O) groups is 1. The van der Waals surface area contributed by atoms with Gasteiger partial charge in [0.15, 0.2) is 5.78 Å². The van der Waals surface area contributed by atoms with Gasteiger partial charge in [-0.15, -0.1) is 0 Å². The van der Waals surface area contributed by atoms with Crippen molar-refractivity contribution in [3.8, 4) is 0 Å². The summed E-state index contributed by atoms with van der Waals surface area (Å²) < 4.78 is 53.3. The summed E-state index contributed by atoms with van der Waals surface area (Å²) in [5.74, 6) is -1.50. The average Bonchev–Trinajstić information content (AvgIpc) is 3.38. The van der Waals surface area contributed by atoms with Gasteiger partial charge in [-0.05, 0) is 58.0 Å². The third kappa shape index (κ3) is 1.63. The molecule has 2 aromatic carbocycles. The van der Waals surface area contributed by atoms with Gasteiger partial charge in [0.25, 0.3) is 0 Å². The van der Waals surface area contributed by atoms with Crippen LogP contribution in [0.4, 0.5) is 0 Å². The fourth-order valence-electron chi connectivity index (χ4n) is 5.86. The zero-order valence-corrected chi connectivity index (χ0v) is 17.2. The van der Waals surface area contributed by atoms with E-state index in [2.05, 4.69) is 0 Å². The van der Waals surface area contributed by atoms with Crippen LogP contribution in [0.25, 0.3) is 10.8 Å². The average molecular weight is 434 g/mol. The van der Waals surface area contributed by atoms with E-state index >= 15 is 0 Å². The van der Waals surface area contributed by atoms with Crippen molar-refractivity contribution in [2.45, 2.75) is 34.5 Å². The second-order valence-electron chi connectivity index (χ2n) is 8.26. The lowest BCUT2D eigenvalue weighted by molar-refractivity contribution is -0.120. The molecule has 0 N–H and O–H groups in total. The molecule has 2 aliphatic heterocycles. The van der Waals surface area contributed by atoms with E-state index in [0.717, 1.165) is 5.39 Å². The van der Waals surface area contributed by atoms with E-state index in [1.165, 1.54) is 0 Å². The molecule has 148 valence electrons. The summed E-state index contributed by atoms with van der Waals surface area (Å²) in [7, 11) is -7.50. The van der Waals surface area contributed by atoms with Crippen LogP contribution in [0.1, 0.15) is 35.8 Å². The molecule has 7 heteroatoms. The number of Topliss-reactive ketones (excluding diaryl/α,β-unsaturated/α-hetero) is 1. The van der Waals surface area contributed by atoms with Crippen LogP contribution < -0.4 is 0 Å². The highest BCUT2D eigenvalue weighted by molar-refractivity contribution is 7.96. The smallest absolute Gasteiger partial charge is 0.206 e. The van der Waals surface area contributed by atoms with Crippen LogP contribution in [-0.4, -0.2) is 22.6 Å². The maximum absolute atomic E-state index is 13.9. The van der Waals surface area contributed by atoms with Gasteiger partial charge in [0.2, 0.25) is 19.7 Å². The van der Waals surface area contributed by atoms with Crippen molar-refractivity contribution < 1.29 is 21.6 Å². The van der Waals surface area contributed by atoms with E-state index in [-0.39, 0.29) is 25.4 Å². The Balaban J connectivity index is 1.76. The Labute approximate surface area is 172 Å². The maximum Gasteiger partial charge on any atom is 0.206 e. The molecule has 30 heavy (non-hydrogen) atoms. The summed E-state index contributed by atoms with van der Waals surface area (Å²) in [6, 6.07) is 6.57. The van der Waals surface area contributed by atoms with Crippen LogP contribution in [0.15, 0.2) is 79.3 Å². The van der Waals surface area contributed by atoms with Crippen molar-refractivity contribution in [3.05, 3.63) is 80.7 Å². The molecule has 0 bridgehead atoms. The van der Waals surface area contributed by atoms with Crippen LogP contribution >= 0.6 is 0 Å². The lowest BCUT2D eigenvalue weighted by Crippen LogP contribution is -2.36. The van der Waals surface area contributed by atoms with Crippen molar-refractivity contribution >= 4 is 36.2 Å². The number of carbonyl (C=O) groups excluding carboxylic acids is 1. The Bertz CT molecular complexity index is 1510. The summed E-state index contributed by atoms with van der Waals surface area (Å²) in [5.41, 5.74) is 2.01. The van der Waals surface area contributed by atoms with Crippen molar-refractivity contribution in [2.75, 3.05) is 0 Å². The van der Waals surface area contributed by atoms with E-state index in [0.29, 0.717) is 40.5 Å². The van der Waals surface area contributed by atoms with Crippen molar-refractivity contribution in [1.29, 1.82) is 0 Å². The number of fused-ring (bicyclic) bond motifs is 4. The minimum absolute atomic E-state index is 0.129. The fourth-order valence-corrected chi connectivity index (χ4v) is 9.50. The third-order valence-corrected chi connectivity index (χ3v) is 10.8. The number of hydrogen-bond donors (Lipinski definition) is 0. The lowest BCUT2D eigenvalue weighted by atomic mass is 9.69. The second kappa shape index (κ2) is 4.92. The first-order chi connectivity index (χ1) is 14.3. The van der Waals surface area contributed by atoms with Crippen molar-refractivity contribution in [3.63, 3.8) is 0 Å². The normalized spacial score (nSPS) is 28.3. The molecule has 0 amide bonds. The Kier molecular flexibility index (Phi) is 2.78. The topological polar surface area (TPSA) is 85.3 Å². The molecule has 7 rings (SSSR count). The number of ketones is 1. The zero-order chi connectivity index (χ0) is 20.6. The molecule has 2 unspecified atom stereocenters. The Morgan fingerprint density at radius 2 is 1.13 bits per heavy atom. The molecular weight excluding hydrogens is 420 g/mol. The second-order valence-corrected chi connectivity index (χ2v) is 12.0. The maximum atomic E-state index is 13.9. The predicted molar refractivity (Wildman–Crippen MR) is 110 cm³/mol. The molecule has 5 aliphatic rings. The van der Waals surface area contributed by atoms with Gasteiger partial charge in [-0.2, -0.15) is 0 Å². The van der Waals surface area contributed by atoms with Crippen LogP contribution in [0.3, 0.4) is 0 Å². The van der Waals surface area contributed by atoms with E-state index in [4.69, 9.17) is 0 Å². The molecule has 0 spiro atoms. The molecule has 0 saturated heterocycles. The van der Waals surface area contributed by atoms with Crippen molar-refractivity contribution in [1.82, 2.24) is 0 Å². The summed E-state index contributed by atoms with van der Waals surface area (Å²) >= 11 is 0. The Hall–Kier alpha value is -2.77. The summed E-state index contributed by atoms with van der Waals surface area (Å²) in [6.45, 7) is 0. The van der Waals surface area contributed by atoms with Gasteiger partial charge >= 0.3 is 0 Å². The van der Waals surface area contributed by atoms with Gasteiger partial charge in [0, 0.05) is 0 Å². The molecular formula is C23H14O5S2. The summed E-state index contributed by atoms with van der Waals surface area (Å²) in [4.78, 5) is 14.7. The van der Waals surface area contributed by atoms with Gasteiger partial charge in [0.1, 0.15) is 0 Å². The minimum atomic E-state index is -3.75. The standard InChI is InChI=1S/C23H14O5S2/c24-23-19-12-3-1-5-14(12)29(25,26)16-9-7-11-8-10-17-22(18(11)21(16)19)20(23)13-4-2-6-15(13)30(17,27)28/h3-10,19-20H,1-2H2. The lowest BCUT2D eigenvalue weighted by Gasteiger charge is -2.40. The zero-order valence-electron chi connectivity index (χ0n) is 15.5. The monoisotopic (exact) mass is 434 g/mol. The number of allylic oxidation sites excluding steroid dienone is 6. The van der Waals surface area contributed by atoms with Gasteiger partial charge in [0.05, 0.1) is 31.4 Å². The van der Waals surface area contributed by atoms with Gasteiger partial charge in [-0.25, -0.2) is 16.8 Å². The van der Waals surface area contributed by atoms with Crippen LogP contribution in [0.2, 0.25) is 0 Å². The van der Waals surface area contributed by atoms with Gasteiger partial charge < -0.3 is 0 Å². The number of hydrogen-bond acceptors (Lipinski definition) is 5. The first-order valence-corrected chi connectivity index (χ1v) is 12.7. The van der Waals surface area contributed by atoms with E-state index in [9.17, 15) is 21.6 Å². The van der Waals surface area contributed by atoms with Crippen LogP contribution in [0, 0.1) is 0 Å².